The molecule has 0 aliphatic carbocycles. The Balaban J connectivity index is 1.96. The molecular weight excluding hydrogens is 375 g/mol. The van der Waals surface area contributed by atoms with Gasteiger partial charge in [-0.25, -0.2) is 18.2 Å². The van der Waals surface area contributed by atoms with Crippen molar-refractivity contribution in [3.05, 3.63) is 51.2 Å². The van der Waals surface area contributed by atoms with Gasteiger partial charge in [-0.3, -0.25) is 9.79 Å². The highest BCUT2D eigenvalue weighted by Crippen LogP contribution is 2.42. The summed E-state index contributed by atoms with van der Waals surface area (Å²) < 4.78 is 43.6. The van der Waals surface area contributed by atoms with Crippen LogP contribution in [-0.2, 0) is 12.0 Å². The van der Waals surface area contributed by atoms with Crippen molar-refractivity contribution in [2.24, 2.45) is 10.7 Å². The van der Waals surface area contributed by atoms with E-state index in [0.29, 0.717) is 10.6 Å². The number of thiazole rings is 1. The fourth-order valence-corrected chi connectivity index (χ4v) is 3.85. The fourth-order valence-electron chi connectivity index (χ4n) is 3.12. The van der Waals surface area contributed by atoms with Gasteiger partial charge in [0.05, 0.1) is 0 Å². The average molecular weight is 395 g/mol. The summed E-state index contributed by atoms with van der Waals surface area (Å²) in [7, 11) is 0. The first-order valence-electron chi connectivity index (χ1n) is 8.46. The number of halogens is 3. The number of ketones is 1. The van der Waals surface area contributed by atoms with Crippen LogP contribution >= 0.6 is 11.3 Å². The van der Waals surface area contributed by atoms with Crippen LogP contribution in [0.15, 0.2) is 28.6 Å². The van der Waals surface area contributed by atoms with Gasteiger partial charge in [-0.1, -0.05) is 6.07 Å². The minimum Gasteiger partial charge on any atom is -0.385 e. The molecule has 0 bridgehead atoms. The van der Waals surface area contributed by atoms with Gasteiger partial charge in [0.25, 0.3) is 0 Å². The van der Waals surface area contributed by atoms with Crippen LogP contribution in [0.4, 0.5) is 13.2 Å². The molecule has 2 N–H and O–H groups in total. The van der Waals surface area contributed by atoms with Gasteiger partial charge in [-0.2, -0.15) is 0 Å². The van der Waals surface area contributed by atoms with E-state index >= 15 is 0 Å². The number of hydrogen-bond acceptors (Lipinski definition) is 5. The first kappa shape index (κ1) is 19.5. The molecule has 1 aliphatic rings. The second-order valence-corrected chi connectivity index (χ2v) is 8.08. The highest BCUT2D eigenvalue weighted by atomic mass is 32.1. The zero-order valence-corrected chi connectivity index (χ0v) is 16.0. The molecule has 3 rings (SSSR count). The lowest BCUT2D eigenvalue weighted by Crippen LogP contribution is -2.51. The Labute approximate surface area is 159 Å². The molecule has 1 aliphatic heterocycles. The van der Waals surface area contributed by atoms with Crippen LogP contribution in [0.3, 0.4) is 0 Å². The molecule has 27 heavy (non-hydrogen) atoms. The first-order chi connectivity index (χ1) is 12.5. The Morgan fingerprint density at radius 2 is 2.11 bits per heavy atom. The van der Waals surface area contributed by atoms with Gasteiger partial charge in [0, 0.05) is 29.5 Å². The molecule has 1 aromatic heterocycles. The maximum absolute atomic E-state index is 14.8. The van der Waals surface area contributed by atoms with Crippen LogP contribution in [0.2, 0.25) is 0 Å². The van der Waals surface area contributed by atoms with Crippen LogP contribution in [0.5, 0.6) is 0 Å². The van der Waals surface area contributed by atoms with Crippen LogP contribution in [-0.4, -0.2) is 28.4 Å². The number of aliphatic imine (C=N–C) groups is 1. The fraction of sp³-hybridized carbons (Fsp3) is 0.421. The Morgan fingerprint density at radius 1 is 1.41 bits per heavy atom. The Bertz CT molecular complexity index is 925. The van der Waals surface area contributed by atoms with Gasteiger partial charge in [0.1, 0.15) is 23.4 Å². The van der Waals surface area contributed by atoms with Crippen molar-refractivity contribution in [1.82, 2.24) is 4.98 Å². The third-order valence-corrected chi connectivity index (χ3v) is 5.86. The molecule has 4 nitrogen and oxygen atoms in total. The molecule has 0 saturated carbocycles. The summed E-state index contributed by atoms with van der Waals surface area (Å²) in [5.41, 5.74) is 3.13. The standard InChI is InChI=1S/C19H20F3N3OS/c1-10-9-27-16(24-10)14(26)7-11-4-5-13(20)12(6-11)19(3)15(21)8-18(2,22)17(23)25-19/h4-6,9,15H,7-8H2,1-3H3,(H2,23,25)/t15-,18+,19+/m0/s1. The molecular formula is C19H20F3N3OS. The van der Waals surface area contributed by atoms with Gasteiger partial charge in [0.2, 0.25) is 0 Å². The summed E-state index contributed by atoms with van der Waals surface area (Å²) in [6.45, 7) is 4.32. The van der Waals surface area contributed by atoms with Crippen molar-refractivity contribution in [1.29, 1.82) is 0 Å². The molecule has 0 unspecified atom stereocenters. The number of carbonyl (C=O) groups excluding carboxylic acids is 1. The smallest absolute Gasteiger partial charge is 0.195 e. The van der Waals surface area contributed by atoms with Gasteiger partial charge in [-0.15, -0.1) is 11.3 Å². The predicted octanol–water partition coefficient (Wildman–Crippen LogP) is 4.06. The van der Waals surface area contributed by atoms with Gasteiger partial charge < -0.3 is 5.73 Å². The number of hydrogen-bond donors (Lipinski definition) is 1. The van der Waals surface area contributed by atoms with Gasteiger partial charge in [0.15, 0.2) is 16.5 Å². The van der Waals surface area contributed by atoms with Crippen LogP contribution in [0, 0.1) is 12.7 Å². The lowest BCUT2D eigenvalue weighted by atomic mass is 9.78. The zero-order valence-electron chi connectivity index (χ0n) is 15.2. The Morgan fingerprint density at radius 3 is 2.74 bits per heavy atom. The van der Waals surface area contributed by atoms with E-state index in [0.717, 1.165) is 18.7 Å². The molecule has 0 spiro atoms. The third-order valence-electron chi connectivity index (χ3n) is 4.86. The van der Waals surface area contributed by atoms with Crippen molar-refractivity contribution in [3.63, 3.8) is 0 Å². The van der Waals surface area contributed by atoms with Crippen molar-refractivity contribution in [3.8, 4) is 0 Å². The maximum Gasteiger partial charge on any atom is 0.195 e. The highest BCUT2D eigenvalue weighted by Gasteiger charge is 2.49. The number of nitrogens with two attached hydrogens (primary N) is 1. The van der Waals surface area contributed by atoms with E-state index in [1.807, 2.05) is 0 Å². The lowest BCUT2D eigenvalue weighted by Gasteiger charge is -2.39. The largest absolute Gasteiger partial charge is 0.385 e. The monoisotopic (exact) mass is 395 g/mol. The van der Waals surface area contributed by atoms with Crippen LogP contribution < -0.4 is 5.73 Å². The summed E-state index contributed by atoms with van der Waals surface area (Å²) in [5, 5.41) is 2.13. The molecule has 0 amide bonds. The normalized spacial score (nSPS) is 28.1. The maximum atomic E-state index is 14.8. The quantitative estimate of drug-likeness (QED) is 0.794. The molecule has 3 atom stereocenters. The number of benzene rings is 1. The number of Topliss-reactive ketones (excluding diaryl/α,β-unsaturated/α-hetero) is 1. The molecule has 1 aromatic carbocycles. The Kier molecular flexibility index (Phi) is 4.88. The summed E-state index contributed by atoms with van der Waals surface area (Å²) in [6.07, 6.45) is -2.28. The first-order valence-corrected chi connectivity index (χ1v) is 9.34. The van der Waals surface area contributed by atoms with E-state index < -0.39 is 29.6 Å². The van der Waals surface area contributed by atoms with E-state index in [-0.39, 0.29) is 23.6 Å². The number of amidine groups is 1. The minimum absolute atomic E-state index is 0.00666. The topological polar surface area (TPSA) is 68.3 Å². The SMILES string of the molecule is Cc1csc(C(=O)Cc2ccc(F)c([C@@]3(C)N=C(N)[C@](C)(F)C[C@@H]3F)c2)n1. The second kappa shape index (κ2) is 6.74. The van der Waals surface area contributed by atoms with Crippen molar-refractivity contribution < 1.29 is 18.0 Å². The summed E-state index contributed by atoms with van der Waals surface area (Å²) in [6, 6.07) is 4.03. The van der Waals surface area contributed by atoms with E-state index in [1.165, 1.54) is 30.4 Å². The molecule has 0 saturated heterocycles. The summed E-state index contributed by atoms with van der Waals surface area (Å²) in [5.74, 6) is -1.26. The van der Waals surface area contributed by atoms with E-state index in [9.17, 15) is 18.0 Å². The number of carbonyl (C=O) groups is 1. The molecule has 144 valence electrons. The van der Waals surface area contributed by atoms with Crippen LogP contribution in [0.1, 0.15) is 46.9 Å². The number of aryl methyl sites for hydroxylation is 1. The molecule has 0 fully saturated rings. The van der Waals surface area contributed by atoms with Crippen molar-refractivity contribution in [2.75, 3.05) is 0 Å². The number of nitrogens with zero attached hydrogens (tertiary/aromatic N) is 2. The summed E-state index contributed by atoms with van der Waals surface area (Å²) in [4.78, 5) is 20.5. The van der Waals surface area contributed by atoms with E-state index in [1.54, 1.807) is 12.3 Å². The van der Waals surface area contributed by atoms with E-state index in [2.05, 4.69) is 9.98 Å². The number of alkyl halides is 2. The Hall–Kier alpha value is -2.22. The zero-order chi connectivity index (χ0) is 20.0. The third kappa shape index (κ3) is 3.63. The second-order valence-electron chi connectivity index (χ2n) is 7.22. The van der Waals surface area contributed by atoms with Gasteiger partial charge >= 0.3 is 0 Å². The van der Waals surface area contributed by atoms with Crippen molar-refractivity contribution in [2.45, 2.75) is 51.0 Å². The summed E-state index contributed by atoms with van der Waals surface area (Å²) >= 11 is 1.24. The molecule has 2 heterocycles. The molecule has 2 aromatic rings. The molecule has 0 radical (unpaired) electrons. The molecule has 8 heteroatoms. The average Bonchev–Trinajstić information content (AvgIpc) is 3.01. The number of rotatable bonds is 4. The van der Waals surface area contributed by atoms with Crippen molar-refractivity contribution >= 4 is 23.0 Å². The highest BCUT2D eigenvalue weighted by molar-refractivity contribution is 7.11. The van der Waals surface area contributed by atoms with Crippen LogP contribution in [0.25, 0.3) is 0 Å². The predicted molar refractivity (Wildman–Crippen MR) is 99.3 cm³/mol. The van der Waals surface area contributed by atoms with E-state index in [4.69, 9.17) is 5.73 Å². The number of aromatic nitrogens is 1. The lowest BCUT2D eigenvalue weighted by molar-refractivity contribution is 0.0992. The van der Waals surface area contributed by atoms with Gasteiger partial charge in [-0.05, 0) is 38.5 Å². The minimum atomic E-state index is -2.08.